The number of rotatable bonds is 5. The second-order valence-corrected chi connectivity index (χ2v) is 8.03. The fraction of sp³-hybridized carbons (Fsp3) is 0.148. The minimum atomic E-state index is -0.973. The molecule has 0 aromatic heterocycles. The van der Waals surface area contributed by atoms with Gasteiger partial charge >= 0.3 is 0 Å². The van der Waals surface area contributed by atoms with Crippen LogP contribution in [0.1, 0.15) is 23.1 Å². The number of aryl methyl sites for hydroxylation is 2. The van der Waals surface area contributed by atoms with Gasteiger partial charge in [0.05, 0.1) is 17.8 Å². The molecular formula is C27H25N3O3. The highest BCUT2D eigenvalue weighted by Gasteiger charge is 2.37. The first-order chi connectivity index (χ1) is 15.9. The SMILES string of the molecule is Cc1ccc(NC(=O)CC2C(=O)Nc3ccccc3N2C(=O)/C=C/c2ccccc2)cc1C. The van der Waals surface area contributed by atoms with Gasteiger partial charge in [-0.2, -0.15) is 0 Å². The lowest BCUT2D eigenvalue weighted by Gasteiger charge is -2.35. The number of para-hydroxylation sites is 2. The number of anilines is 3. The third-order valence-corrected chi connectivity index (χ3v) is 5.66. The van der Waals surface area contributed by atoms with E-state index in [4.69, 9.17) is 0 Å². The summed E-state index contributed by atoms with van der Waals surface area (Å²) in [7, 11) is 0. The van der Waals surface area contributed by atoms with Crippen LogP contribution in [0.3, 0.4) is 0 Å². The number of hydrogen-bond donors (Lipinski definition) is 2. The molecule has 0 fully saturated rings. The van der Waals surface area contributed by atoms with Gasteiger partial charge in [-0.05, 0) is 60.9 Å². The van der Waals surface area contributed by atoms with E-state index in [1.807, 2.05) is 62.4 Å². The molecule has 0 bridgehead atoms. The van der Waals surface area contributed by atoms with E-state index in [2.05, 4.69) is 10.6 Å². The van der Waals surface area contributed by atoms with Crippen LogP contribution in [0.25, 0.3) is 6.08 Å². The van der Waals surface area contributed by atoms with Crippen molar-refractivity contribution in [3.63, 3.8) is 0 Å². The van der Waals surface area contributed by atoms with Gasteiger partial charge in [-0.3, -0.25) is 19.3 Å². The Labute approximate surface area is 192 Å². The van der Waals surface area contributed by atoms with E-state index in [0.717, 1.165) is 16.7 Å². The van der Waals surface area contributed by atoms with Crippen molar-refractivity contribution >= 4 is 40.9 Å². The van der Waals surface area contributed by atoms with Crippen LogP contribution in [0.4, 0.5) is 17.1 Å². The molecule has 0 aliphatic carbocycles. The average molecular weight is 440 g/mol. The van der Waals surface area contributed by atoms with E-state index in [9.17, 15) is 14.4 Å². The Morgan fingerprint density at radius 1 is 0.970 bits per heavy atom. The lowest BCUT2D eigenvalue weighted by Crippen LogP contribution is -2.52. The van der Waals surface area contributed by atoms with Gasteiger partial charge in [-0.25, -0.2) is 0 Å². The van der Waals surface area contributed by atoms with Gasteiger partial charge in [0.1, 0.15) is 6.04 Å². The van der Waals surface area contributed by atoms with Gasteiger partial charge in [0.15, 0.2) is 0 Å². The van der Waals surface area contributed by atoms with Gasteiger partial charge in [-0.1, -0.05) is 48.5 Å². The number of fused-ring (bicyclic) bond motifs is 1. The second-order valence-electron chi connectivity index (χ2n) is 8.03. The predicted octanol–water partition coefficient (Wildman–Crippen LogP) is 4.70. The van der Waals surface area contributed by atoms with Gasteiger partial charge in [-0.15, -0.1) is 0 Å². The molecule has 1 heterocycles. The highest BCUT2D eigenvalue weighted by atomic mass is 16.2. The fourth-order valence-corrected chi connectivity index (χ4v) is 3.77. The molecule has 1 unspecified atom stereocenters. The Bertz CT molecular complexity index is 1230. The van der Waals surface area contributed by atoms with Crippen molar-refractivity contribution in [3.05, 3.63) is 95.6 Å². The lowest BCUT2D eigenvalue weighted by atomic mass is 10.0. The normalized spacial score (nSPS) is 15.2. The maximum atomic E-state index is 13.2. The van der Waals surface area contributed by atoms with Crippen LogP contribution >= 0.6 is 0 Å². The molecule has 1 aliphatic rings. The molecule has 2 N–H and O–H groups in total. The first-order valence-corrected chi connectivity index (χ1v) is 10.8. The van der Waals surface area contributed by atoms with Crippen molar-refractivity contribution in [3.8, 4) is 0 Å². The van der Waals surface area contributed by atoms with Crippen LogP contribution in [0.2, 0.25) is 0 Å². The second kappa shape index (κ2) is 9.53. The van der Waals surface area contributed by atoms with E-state index >= 15 is 0 Å². The summed E-state index contributed by atoms with van der Waals surface area (Å²) in [5.74, 6) is -1.11. The smallest absolute Gasteiger partial charge is 0.251 e. The summed E-state index contributed by atoms with van der Waals surface area (Å²) < 4.78 is 0. The quantitative estimate of drug-likeness (QED) is 0.566. The van der Waals surface area contributed by atoms with E-state index < -0.39 is 11.9 Å². The molecule has 0 saturated heterocycles. The number of carbonyl (C=O) groups excluding carboxylic acids is 3. The topological polar surface area (TPSA) is 78.5 Å². The molecule has 1 aliphatic heterocycles. The Morgan fingerprint density at radius 3 is 2.45 bits per heavy atom. The third-order valence-electron chi connectivity index (χ3n) is 5.66. The van der Waals surface area contributed by atoms with Gasteiger partial charge in [0, 0.05) is 11.8 Å². The van der Waals surface area contributed by atoms with Crippen molar-refractivity contribution in [2.45, 2.75) is 26.3 Å². The Kier molecular flexibility index (Phi) is 6.36. The third kappa shape index (κ3) is 5.01. The van der Waals surface area contributed by atoms with Gasteiger partial charge < -0.3 is 10.6 Å². The van der Waals surface area contributed by atoms with Crippen molar-refractivity contribution in [2.24, 2.45) is 0 Å². The summed E-state index contributed by atoms with van der Waals surface area (Å²) in [6.45, 7) is 3.97. The van der Waals surface area contributed by atoms with E-state index in [0.29, 0.717) is 17.1 Å². The summed E-state index contributed by atoms with van der Waals surface area (Å²) in [4.78, 5) is 40.4. The molecule has 3 aromatic carbocycles. The average Bonchev–Trinajstić information content (AvgIpc) is 2.81. The Morgan fingerprint density at radius 2 is 1.70 bits per heavy atom. The van der Waals surface area contributed by atoms with Crippen LogP contribution in [0, 0.1) is 13.8 Å². The number of hydrogen-bond acceptors (Lipinski definition) is 3. The predicted molar refractivity (Wildman–Crippen MR) is 131 cm³/mol. The van der Waals surface area contributed by atoms with Crippen LogP contribution in [0.15, 0.2) is 78.9 Å². The number of amides is 3. The molecule has 166 valence electrons. The summed E-state index contributed by atoms with van der Waals surface area (Å²) in [5.41, 5.74) is 4.79. The van der Waals surface area contributed by atoms with E-state index in [1.54, 1.807) is 30.3 Å². The van der Waals surface area contributed by atoms with Crippen molar-refractivity contribution in [1.29, 1.82) is 0 Å². The van der Waals surface area contributed by atoms with Crippen LogP contribution < -0.4 is 15.5 Å². The number of benzene rings is 3. The van der Waals surface area contributed by atoms with Gasteiger partial charge in [0.25, 0.3) is 5.91 Å². The van der Waals surface area contributed by atoms with Crippen LogP contribution in [-0.2, 0) is 14.4 Å². The molecule has 0 spiro atoms. The number of carbonyl (C=O) groups is 3. The van der Waals surface area contributed by atoms with Crippen LogP contribution in [0.5, 0.6) is 0 Å². The molecule has 6 heteroatoms. The summed E-state index contributed by atoms with van der Waals surface area (Å²) in [6.07, 6.45) is 2.96. The van der Waals surface area contributed by atoms with Crippen molar-refractivity contribution in [2.75, 3.05) is 15.5 Å². The van der Waals surface area contributed by atoms with E-state index in [-0.39, 0.29) is 18.2 Å². The highest BCUT2D eigenvalue weighted by Crippen LogP contribution is 2.33. The highest BCUT2D eigenvalue weighted by molar-refractivity contribution is 6.16. The zero-order chi connectivity index (χ0) is 23.4. The molecule has 4 rings (SSSR count). The number of nitrogens with zero attached hydrogens (tertiary/aromatic N) is 1. The first kappa shape index (κ1) is 22.0. The zero-order valence-corrected chi connectivity index (χ0v) is 18.5. The minimum absolute atomic E-state index is 0.169. The Hall–Kier alpha value is -4.19. The fourth-order valence-electron chi connectivity index (χ4n) is 3.77. The van der Waals surface area contributed by atoms with Gasteiger partial charge in [0.2, 0.25) is 11.8 Å². The molecule has 0 radical (unpaired) electrons. The van der Waals surface area contributed by atoms with Crippen molar-refractivity contribution < 1.29 is 14.4 Å². The maximum Gasteiger partial charge on any atom is 0.251 e. The summed E-state index contributed by atoms with van der Waals surface area (Å²) in [6, 6.07) is 21.2. The molecule has 1 atom stereocenters. The summed E-state index contributed by atoms with van der Waals surface area (Å²) in [5, 5.41) is 5.66. The standard InChI is InChI=1S/C27H25N3O3/c1-18-12-14-21(16-19(18)2)28-25(31)17-24-27(33)29-22-10-6-7-11-23(22)30(24)26(32)15-13-20-8-4-3-5-9-20/h3-16,24H,17H2,1-2H3,(H,28,31)(H,29,33)/b15-13+. The molecule has 33 heavy (non-hydrogen) atoms. The maximum absolute atomic E-state index is 13.2. The number of nitrogens with one attached hydrogen (secondary N) is 2. The molecule has 0 saturated carbocycles. The van der Waals surface area contributed by atoms with Crippen LogP contribution in [-0.4, -0.2) is 23.8 Å². The van der Waals surface area contributed by atoms with E-state index in [1.165, 1.54) is 11.0 Å². The summed E-state index contributed by atoms with van der Waals surface area (Å²) >= 11 is 0. The molecule has 3 aromatic rings. The largest absolute Gasteiger partial charge is 0.326 e. The van der Waals surface area contributed by atoms with Crippen molar-refractivity contribution in [1.82, 2.24) is 0 Å². The monoisotopic (exact) mass is 439 g/mol. The molecular weight excluding hydrogens is 414 g/mol. The molecule has 6 nitrogen and oxygen atoms in total. The minimum Gasteiger partial charge on any atom is -0.326 e. The lowest BCUT2D eigenvalue weighted by molar-refractivity contribution is -0.124. The molecule has 3 amide bonds. The Balaban J connectivity index is 1.59. The first-order valence-electron chi connectivity index (χ1n) is 10.8. The zero-order valence-electron chi connectivity index (χ0n) is 18.5.